The van der Waals surface area contributed by atoms with E-state index in [1.165, 1.54) is 70.6 Å². The lowest BCUT2D eigenvalue weighted by Crippen LogP contribution is -2.24. The van der Waals surface area contributed by atoms with Crippen LogP contribution < -0.4 is 10.6 Å². The van der Waals surface area contributed by atoms with Crippen molar-refractivity contribution in [1.29, 1.82) is 0 Å². The number of hydrogen-bond donors (Lipinski definition) is 2. The fourth-order valence-corrected chi connectivity index (χ4v) is 4.79. The summed E-state index contributed by atoms with van der Waals surface area (Å²) in [5, 5.41) is 6.01. The molecule has 2 amide bonds. The van der Waals surface area contributed by atoms with E-state index in [1.807, 2.05) is 18.2 Å². The van der Waals surface area contributed by atoms with Gasteiger partial charge in [0.15, 0.2) is 0 Å². The maximum absolute atomic E-state index is 12.5. The molecule has 0 aliphatic rings. The first-order valence-corrected chi connectivity index (χ1v) is 15.0. The second kappa shape index (κ2) is 20.8. The number of anilines is 1. The molecule has 0 saturated heterocycles. The summed E-state index contributed by atoms with van der Waals surface area (Å²) in [6.45, 7) is 7.15. The maximum Gasteiger partial charge on any atom is 0.251 e. The Kier molecular flexibility index (Phi) is 18.7. The third-order valence-electron chi connectivity index (χ3n) is 6.14. The van der Waals surface area contributed by atoms with Crippen molar-refractivity contribution in [2.75, 3.05) is 17.6 Å². The van der Waals surface area contributed by atoms with Crippen molar-refractivity contribution < 1.29 is 9.59 Å². The third-order valence-corrected chi connectivity index (χ3v) is 7.09. The number of carbonyl (C=O) groups is 2. The number of thioether (sulfide) groups is 1. The van der Waals surface area contributed by atoms with Gasteiger partial charge in [0.1, 0.15) is 0 Å². The molecule has 0 fully saturated rings. The van der Waals surface area contributed by atoms with E-state index in [2.05, 4.69) is 31.4 Å². The highest BCUT2D eigenvalue weighted by molar-refractivity contribution is 7.99. The quantitative estimate of drug-likeness (QED) is 0.134. The van der Waals surface area contributed by atoms with Crippen LogP contribution in [0.2, 0.25) is 0 Å². The number of carbonyl (C=O) groups excluding carboxylic acids is 2. The number of hydrogen-bond acceptors (Lipinski definition) is 3. The summed E-state index contributed by atoms with van der Waals surface area (Å²) in [4.78, 5) is 26.0. The van der Waals surface area contributed by atoms with Crippen LogP contribution >= 0.6 is 11.8 Å². The average molecular weight is 491 g/mol. The zero-order chi connectivity index (χ0) is 24.9. The van der Waals surface area contributed by atoms with Gasteiger partial charge in [0.2, 0.25) is 5.91 Å². The molecule has 0 radical (unpaired) electrons. The van der Waals surface area contributed by atoms with Gasteiger partial charge in [-0.25, -0.2) is 0 Å². The Balaban J connectivity index is 2.26. The molecule has 194 valence electrons. The summed E-state index contributed by atoms with van der Waals surface area (Å²) in [6, 6.07) is 5.62. The molecular weight excluding hydrogens is 440 g/mol. The zero-order valence-corrected chi connectivity index (χ0v) is 23.0. The molecule has 2 N–H and O–H groups in total. The largest absolute Gasteiger partial charge is 0.352 e. The van der Waals surface area contributed by atoms with Crippen molar-refractivity contribution in [2.24, 2.45) is 0 Å². The van der Waals surface area contributed by atoms with Gasteiger partial charge in [0.05, 0.1) is 5.69 Å². The monoisotopic (exact) mass is 490 g/mol. The lowest BCUT2D eigenvalue weighted by molar-refractivity contribution is -0.116. The highest BCUT2D eigenvalue weighted by Crippen LogP contribution is 2.28. The van der Waals surface area contributed by atoms with Crippen molar-refractivity contribution in [1.82, 2.24) is 5.32 Å². The summed E-state index contributed by atoms with van der Waals surface area (Å²) in [5.74, 6) is 0.891. The SMILES string of the molecule is CCCCCCCCCCCCCCCC(=O)Nc1cc(C(=O)NCCCC)ccc1SCC. The molecule has 0 aliphatic carbocycles. The van der Waals surface area contributed by atoms with Gasteiger partial charge in [-0.2, -0.15) is 0 Å². The minimum atomic E-state index is -0.0755. The van der Waals surface area contributed by atoms with Crippen molar-refractivity contribution in [3.63, 3.8) is 0 Å². The molecule has 0 spiro atoms. The highest BCUT2D eigenvalue weighted by Gasteiger charge is 2.12. The fourth-order valence-electron chi connectivity index (χ4n) is 4.05. The van der Waals surface area contributed by atoms with Gasteiger partial charge in [-0.15, -0.1) is 11.8 Å². The molecule has 0 aromatic heterocycles. The molecule has 0 saturated carbocycles. The van der Waals surface area contributed by atoms with Crippen molar-refractivity contribution in [3.05, 3.63) is 23.8 Å². The molecular formula is C29H50N2O2S. The number of rotatable bonds is 21. The summed E-state index contributed by atoms with van der Waals surface area (Å²) < 4.78 is 0. The smallest absolute Gasteiger partial charge is 0.251 e. The molecule has 1 aromatic rings. The Morgan fingerprint density at radius 2 is 1.29 bits per heavy atom. The van der Waals surface area contributed by atoms with Crippen LogP contribution in [0.25, 0.3) is 0 Å². The molecule has 34 heavy (non-hydrogen) atoms. The minimum Gasteiger partial charge on any atom is -0.352 e. The van der Waals surface area contributed by atoms with Crippen LogP contribution in [0.5, 0.6) is 0 Å². The predicted octanol–water partition coefficient (Wildman–Crippen LogP) is 8.75. The van der Waals surface area contributed by atoms with Gasteiger partial charge in [0, 0.05) is 23.4 Å². The van der Waals surface area contributed by atoms with E-state index < -0.39 is 0 Å². The average Bonchev–Trinajstić information content (AvgIpc) is 2.83. The van der Waals surface area contributed by atoms with Gasteiger partial charge >= 0.3 is 0 Å². The third kappa shape index (κ3) is 14.7. The molecule has 1 rings (SSSR count). The van der Waals surface area contributed by atoms with Crippen LogP contribution in [0.1, 0.15) is 134 Å². The van der Waals surface area contributed by atoms with Crippen molar-refractivity contribution in [2.45, 2.75) is 128 Å². The molecule has 0 bridgehead atoms. The van der Waals surface area contributed by atoms with Crippen LogP contribution in [-0.4, -0.2) is 24.1 Å². The van der Waals surface area contributed by atoms with Crippen LogP contribution in [0.3, 0.4) is 0 Å². The topological polar surface area (TPSA) is 58.2 Å². The zero-order valence-electron chi connectivity index (χ0n) is 22.2. The maximum atomic E-state index is 12.5. The number of nitrogens with one attached hydrogen (secondary N) is 2. The lowest BCUT2D eigenvalue weighted by Gasteiger charge is -2.13. The number of benzene rings is 1. The molecule has 0 unspecified atom stereocenters. The molecule has 1 aromatic carbocycles. The lowest BCUT2D eigenvalue weighted by atomic mass is 10.0. The Hall–Kier alpha value is -1.49. The van der Waals surface area contributed by atoms with Crippen molar-refractivity contribution in [3.8, 4) is 0 Å². The van der Waals surface area contributed by atoms with Crippen LogP contribution in [0, 0.1) is 0 Å². The Morgan fingerprint density at radius 3 is 1.85 bits per heavy atom. The van der Waals surface area contributed by atoms with E-state index in [0.29, 0.717) is 18.5 Å². The molecule has 0 heterocycles. The van der Waals surface area contributed by atoms with E-state index in [9.17, 15) is 9.59 Å². The van der Waals surface area contributed by atoms with E-state index in [-0.39, 0.29) is 11.8 Å². The first-order chi connectivity index (χ1) is 16.6. The second-order valence-corrected chi connectivity index (χ2v) is 10.6. The van der Waals surface area contributed by atoms with E-state index in [0.717, 1.165) is 42.0 Å². The van der Waals surface area contributed by atoms with Gasteiger partial charge < -0.3 is 10.6 Å². The van der Waals surface area contributed by atoms with E-state index in [4.69, 9.17) is 0 Å². The number of unbranched alkanes of at least 4 members (excludes halogenated alkanes) is 13. The van der Waals surface area contributed by atoms with E-state index >= 15 is 0 Å². The van der Waals surface area contributed by atoms with Gasteiger partial charge in [-0.1, -0.05) is 104 Å². The minimum absolute atomic E-state index is 0.0459. The standard InChI is InChI=1S/C29H50N2O2S/c1-4-7-9-10-11-12-13-14-15-16-17-18-19-20-28(32)31-26-24-25(21-22-27(26)34-6-3)29(33)30-23-8-5-2/h21-22,24H,4-20,23H2,1-3H3,(H,30,33)(H,31,32). The Morgan fingerprint density at radius 1 is 0.735 bits per heavy atom. The normalized spacial score (nSPS) is 10.9. The molecule has 5 heteroatoms. The Labute approximate surface area is 213 Å². The fraction of sp³-hybridized carbons (Fsp3) is 0.724. The molecule has 4 nitrogen and oxygen atoms in total. The van der Waals surface area contributed by atoms with Crippen LogP contribution in [-0.2, 0) is 4.79 Å². The number of amides is 2. The summed E-state index contributed by atoms with van der Waals surface area (Å²) in [6.07, 6.45) is 19.5. The summed E-state index contributed by atoms with van der Waals surface area (Å²) in [5.41, 5.74) is 1.36. The van der Waals surface area contributed by atoms with Gasteiger partial charge in [0.25, 0.3) is 5.91 Å². The summed E-state index contributed by atoms with van der Waals surface area (Å²) >= 11 is 1.69. The Bertz CT molecular complexity index is 678. The molecule has 0 atom stereocenters. The van der Waals surface area contributed by atoms with Crippen LogP contribution in [0.15, 0.2) is 23.1 Å². The predicted molar refractivity (Wildman–Crippen MR) is 149 cm³/mol. The second-order valence-electron chi connectivity index (χ2n) is 9.29. The van der Waals surface area contributed by atoms with Gasteiger partial charge in [-0.3, -0.25) is 9.59 Å². The highest BCUT2D eigenvalue weighted by atomic mass is 32.2. The first kappa shape index (κ1) is 30.5. The molecule has 0 aliphatic heterocycles. The van der Waals surface area contributed by atoms with E-state index in [1.54, 1.807) is 11.8 Å². The van der Waals surface area contributed by atoms with Gasteiger partial charge in [-0.05, 0) is 36.8 Å². The van der Waals surface area contributed by atoms with Crippen molar-refractivity contribution >= 4 is 29.3 Å². The first-order valence-electron chi connectivity index (χ1n) is 14.0. The summed E-state index contributed by atoms with van der Waals surface area (Å²) in [7, 11) is 0. The van der Waals surface area contributed by atoms with Crippen LogP contribution in [0.4, 0.5) is 5.69 Å².